The Balaban J connectivity index is 0.000000500. The van der Waals surface area contributed by atoms with Gasteiger partial charge in [-0.05, 0) is 12.1 Å². The second-order valence-electron chi connectivity index (χ2n) is 1.76. The molecule has 75 valence electrons. The number of nitrogens with zero attached hydrogens (tertiary/aromatic N) is 1. The van der Waals surface area contributed by atoms with Crippen LogP contribution in [-0.4, -0.2) is 21.9 Å². The van der Waals surface area contributed by atoms with Gasteiger partial charge in [0.1, 0.15) is 0 Å². The Morgan fingerprint density at radius 3 is 2.64 bits per heavy atom. The molecule has 0 aromatic carbocycles. The van der Waals surface area contributed by atoms with Crippen LogP contribution in [0.5, 0.6) is 0 Å². The molecule has 0 bridgehead atoms. The fraction of sp³-hybridized carbons (Fsp3) is 0. The van der Waals surface area contributed by atoms with E-state index in [2.05, 4.69) is 9.72 Å². The number of ether oxygens (including phenoxy) is 1. The molecule has 1 aromatic rings. The third-order valence-corrected chi connectivity index (χ3v) is 1.01. The van der Waals surface area contributed by atoms with E-state index in [-0.39, 0.29) is 5.69 Å². The fourth-order valence-corrected chi connectivity index (χ4v) is 0.574. The molecule has 1 rings (SSSR count). The van der Waals surface area contributed by atoms with Crippen molar-refractivity contribution in [2.75, 3.05) is 0 Å². The molecule has 14 heavy (non-hydrogen) atoms. The monoisotopic (exact) mass is 281 g/mol. The summed E-state index contributed by atoms with van der Waals surface area (Å²) in [5, 5.41) is 0. The minimum atomic E-state index is -0.791. The van der Waals surface area contributed by atoms with Gasteiger partial charge in [0.2, 0.25) is 5.97 Å². The summed E-state index contributed by atoms with van der Waals surface area (Å²) in [6, 6.07) is 4.72. The first-order valence-electron chi connectivity index (χ1n) is 3.21. The number of carbonyl (C=O) groups is 1. The van der Waals surface area contributed by atoms with Gasteiger partial charge in [0.25, 0.3) is 0 Å². The minimum absolute atomic E-state index is 0.0934. The van der Waals surface area contributed by atoms with Crippen molar-refractivity contribution in [2.24, 2.45) is 0 Å². The van der Waals surface area contributed by atoms with E-state index in [1.54, 1.807) is 12.1 Å². The molecule has 0 saturated carbocycles. The van der Waals surface area contributed by atoms with E-state index in [4.69, 9.17) is 4.79 Å². The summed E-state index contributed by atoms with van der Waals surface area (Å²) in [7, 11) is 0. The second kappa shape index (κ2) is 8.11. The number of aromatic nitrogens is 1. The van der Waals surface area contributed by atoms with Crippen LogP contribution in [0.2, 0.25) is 0 Å². The summed E-state index contributed by atoms with van der Waals surface area (Å²) >= 11 is 1.92. The Hall–Kier alpha value is -1.51. The number of hydrogen-bond acceptors (Lipinski definition) is 5. The van der Waals surface area contributed by atoms with E-state index in [9.17, 15) is 9.59 Å². The van der Waals surface area contributed by atoms with Gasteiger partial charge >= 0.3 is 27.1 Å². The zero-order valence-corrected chi connectivity index (χ0v) is 8.36. The third kappa shape index (κ3) is 5.19. The first-order valence-corrected chi connectivity index (χ1v) is 4.03. The zero-order valence-electron chi connectivity index (χ0n) is 6.72. The quantitative estimate of drug-likeness (QED) is 0.328. The third-order valence-electron chi connectivity index (χ3n) is 1.01. The van der Waals surface area contributed by atoms with Crippen LogP contribution in [0.25, 0.3) is 0 Å². The van der Waals surface area contributed by atoms with E-state index < -0.39 is 5.97 Å². The van der Waals surface area contributed by atoms with E-state index in [1.165, 1.54) is 16.7 Å². The molecule has 1 aromatic heterocycles. The van der Waals surface area contributed by atoms with E-state index >= 15 is 0 Å². The van der Waals surface area contributed by atoms with Crippen LogP contribution in [-0.2, 0) is 32.2 Å². The van der Waals surface area contributed by atoms with Gasteiger partial charge in [-0.2, -0.15) is 0 Å². The molecule has 5 nitrogen and oxygen atoms in total. The van der Waals surface area contributed by atoms with Gasteiger partial charge in [0.05, 0.1) is 5.69 Å². The normalized spacial score (nSPS) is 7.50. The average Bonchev–Trinajstić information content (AvgIpc) is 2.21. The predicted octanol–water partition coefficient (Wildman–Crippen LogP) is -0.0940. The van der Waals surface area contributed by atoms with Gasteiger partial charge in [0, 0.05) is 6.20 Å². The molecular formula is C8H4NO4Rh-. The second-order valence-corrected chi connectivity index (χ2v) is 2.09. The molecule has 0 aliphatic rings. The standard InChI is InChI=1S/C7H4NO3.CO.Rh/c9-5-11-7(10)6-3-1-2-4-8-6;1-2;/h1-4H;;/q-1;;. The molecule has 0 atom stereocenters. The maximum atomic E-state index is 10.7. The van der Waals surface area contributed by atoms with Gasteiger partial charge in [-0.25, -0.2) is 0 Å². The number of rotatable bonds is 2. The topological polar surface area (TPSA) is 73.3 Å². The van der Waals surface area contributed by atoms with Crippen LogP contribution in [0, 0.1) is 0 Å². The molecule has 1 heterocycles. The number of esters is 1. The number of hydrogen-bond donors (Lipinski definition) is 0. The van der Waals surface area contributed by atoms with Gasteiger partial charge in [-0.1, -0.05) is 6.07 Å². The maximum absolute atomic E-state index is 10.7. The number of carbonyl (C=O) groups excluding carboxylic acids is 3. The van der Waals surface area contributed by atoms with Gasteiger partial charge in [-0.15, -0.1) is 0 Å². The molecule has 0 radical (unpaired) electrons. The molecule has 6 heteroatoms. The van der Waals surface area contributed by atoms with Crippen molar-refractivity contribution < 1.29 is 37.0 Å². The van der Waals surface area contributed by atoms with Gasteiger partial charge in [-0.3, -0.25) is 4.98 Å². The van der Waals surface area contributed by atoms with Crippen molar-refractivity contribution in [3.63, 3.8) is 0 Å². The SMILES string of the molecule is O=[C-]OC(=O)c1ccccn1.O=[C]=[Rh]. The van der Waals surface area contributed by atoms with Crippen LogP contribution in [0.1, 0.15) is 10.5 Å². The first-order chi connectivity index (χ1) is 6.76. The Bertz CT molecular complexity index is 332. The molecule has 0 N–H and O–H groups in total. The summed E-state index contributed by atoms with van der Waals surface area (Å²) in [5.41, 5.74) is 0.0934. The van der Waals surface area contributed by atoms with Crippen molar-refractivity contribution >= 4 is 16.9 Å². The summed E-state index contributed by atoms with van der Waals surface area (Å²) in [5.74, 6) is -0.791. The van der Waals surface area contributed by atoms with E-state index in [0.717, 1.165) is 6.47 Å². The summed E-state index contributed by atoms with van der Waals surface area (Å²) < 4.78 is 5.31. The Kier molecular flexibility index (Phi) is 7.24. The van der Waals surface area contributed by atoms with E-state index in [1.807, 2.05) is 17.9 Å². The molecular weight excluding hydrogens is 277 g/mol. The Morgan fingerprint density at radius 2 is 2.21 bits per heavy atom. The van der Waals surface area contributed by atoms with Crippen LogP contribution in [0.15, 0.2) is 24.4 Å². The van der Waals surface area contributed by atoms with Crippen LogP contribution in [0.4, 0.5) is 0 Å². The van der Waals surface area contributed by atoms with Crippen molar-refractivity contribution in [1.82, 2.24) is 4.98 Å². The summed E-state index contributed by atoms with van der Waals surface area (Å²) in [6.45, 7) is 1.03. The molecule has 0 saturated heterocycles. The Morgan fingerprint density at radius 1 is 1.57 bits per heavy atom. The summed E-state index contributed by atoms with van der Waals surface area (Å²) in [6.07, 6.45) is 1.43. The van der Waals surface area contributed by atoms with Gasteiger partial charge < -0.3 is 14.3 Å². The van der Waals surface area contributed by atoms with Crippen molar-refractivity contribution in [1.29, 1.82) is 0 Å². The Labute approximate surface area is 89.3 Å². The zero-order chi connectivity index (χ0) is 10.8. The van der Waals surface area contributed by atoms with E-state index in [0.29, 0.717) is 0 Å². The van der Waals surface area contributed by atoms with Crippen molar-refractivity contribution in [3.8, 4) is 0 Å². The van der Waals surface area contributed by atoms with Crippen molar-refractivity contribution in [2.45, 2.75) is 0 Å². The van der Waals surface area contributed by atoms with Crippen molar-refractivity contribution in [3.05, 3.63) is 30.1 Å². The summed E-state index contributed by atoms with van der Waals surface area (Å²) in [4.78, 5) is 32.6. The molecule has 0 spiro atoms. The molecule has 0 amide bonds. The van der Waals surface area contributed by atoms with Crippen LogP contribution >= 0.6 is 0 Å². The molecule has 0 fully saturated rings. The average molecular weight is 281 g/mol. The predicted molar refractivity (Wildman–Crippen MR) is 41.0 cm³/mol. The molecule has 0 aliphatic carbocycles. The van der Waals surface area contributed by atoms with Crippen LogP contribution in [0.3, 0.4) is 0 Å². The molecule has 0 aliphatic heterocycles. The molecule has 0 unspecified atom stereocenters. The van der Waals surface area contributed by atoms with Gasteiger partial charge in [0.15, 0.2) is 6.47 Å². The van der Waals surface area contributed by atoms with Crippen LogP contribution < -0.4 is 0 Å². The fourth-order valence-electron chi connectivity index (χ4n) is 0.574. The first kappa shape index (κ1) is 12.5. The number of pyridine rings is 1.